The molecule has 0 bridgehead atoms. The van der Waals surface area contributed by atoms with E-state index in [0.717, 1.165) is 0 Å². The third-order valence-corrected chi connectivity index (χ3v) is 9.86. The highest BCUT2D eigenvalue weighted by Crippen LogP contribution is 2.40. The van der Waals surface area contributed by atoms with E-state index in [4.69, 9.17) is 0 Å². The fourth-order valence-electron chi connectivity index (χ4n) is 7.25. The number of fused-ring (bicyclic) bond motifs is 4. The van der Waals surface area contributed by atoms with Crippen LogP contribution in [-0.2, 0) is 0 Å². The molecule has 0 aliphatic rings. The molecule has 0 fully saturated rings. The van der Waals surface area contributed by atoms with Crippen molar-refractivity contribution >= 4 is 32.6 Å². The van der Waals surface area contributed by atoms with E-state index in [1.54, 1.807) is 0 Å². The summed E-state index contributed by atoms with van der Waals surface area (Å²) >= 11 is 0. The van der Waals surface area contributed by atoms with Crippen molar-refractivity contribution in [2.24, 2.45) is 0 Å². The third-order valence-electron chi connectivity index (χ3n) is 9.86. The minimum atomic E-state index is 0.310. The molecule has 0 radical (unpaired) electrons. The quantitative estimate of drug-likeness (QED) is 0.172. The van der Waals surface area contributed by atoms with Crippen LogP contribution in [0.25, 0.3) is 60.5 Å². The van der Waals surface area contributed by atoms with E-state index >= 15 is 0 Å². The van der Waals surface area contributed by atoms with Crippen LogP contribution in [0.2, 0.25) is 0 Å². The number of hydrogen-bond donors (Lipinski definition) is 0. The summed E-state index contributed by atoms with van der Waals surface area (Å²) in [5, 5.41) is 5.09. The maximum absolute atomic E-state index is 2.38. The highest BCUT2D eigenvalue weighted by Gasteiger charge is 2.16. The molecule has 1 heterocycles. The molecule has 0 saturated carbocycles. The van der Waals surface area contributed by atoms with Crippen molar-refractivity contribution in [1.82, 2.24) is 4.57 Å². The highest BCUT2D eigenvalue weighted by atomic mass is 15.0. The second kappa shape index (κ2) is 15.8. The van der Waals surface area contributed by atoms with Gasteiger partial charge in [-0.15, -0.1) is 0 Å². The average Bonchev–Trinajstić information content (AvgIpc) is 3.56. The van der Waals surface area contributed by atoms with Gasteiger partial charge in [-0.2, -0.15) is 0 Å². The maximum Gasteiger partial charge on any atom is 0.0541 e. The SMILES string of the molecule is CC.CC(c1ccccc1)c1cccc(-c2c(-c3ccc(-n4c5ccccc5c5ccccc54)cc3)ccc3ccccc23)c1.Cc1ccccc1. The van der Waals surface area contributed by atoms with E-state index in [-0.39, 0.29) is 0 Å². The van der Waals surface area contributed by atoms with Crippen LogP contribution in [0.5, 0.6) is 0 Å². The zero-order chi connectivity index (χ0) is 35.9. The fraction of sp³-hybridized carbons (Fsp3) is 0.0980. The number of rotatable bonds is 5. The van der Waals surface area contributed by atoms with Crippen LogP contribution in [0.15, 0.2) is 194 Å². The van der Waals surface area contributed by atoms with Gasteiger partial charge in [0.25, 0.3) is 0 Å². The van der Waals surface area contributed by atoms with Crippen molar-refractivity contribution in [3.05, 3.63) is 211 Å². The zero-order valence-electron chi connectivity index (χ0n) is 30.5. The molecular formula is C51H45N. The van der Waals surface area contributed by atoms with Crippen molar-refractivity contribution in [1.29, 1.82) is 0 Å². The van der Waals surface area contributed by atoms with Crippen molar-refractivity contribution < 1.29 is 0 Å². The number of hydrogen-bond acceptors (Lipinski definition) is 0. The molecule has 1 atom stereocenters. The molecule has 0 amide bonds. The van der Waals surface area contributed by atoms with Gasteiger partial charge in [0.1, 0.15) is 0 Å². The normalized spacial score (nSPS) is 11.4. The lowest BCUT2D eigenvalue weighted by Crippen LogP contribution is -1.97. The Morgan fingerprint density at radius 2 is 0.962 bits per heavy atom. The van der Waals surface area contributed by atoms with Gasteiger partial charge < -0.3 is 4.57 Å². The smallest absolute Gasteiger partial charge is 0.0541 e. The highest BCUT2D eigenvalue weighted by molar-refractivity contribution is 6.09. The molecule has 0 N–H and O–H groups in total. The number of nitrogens with zero attached hydrogens (tertiary/aromatic N) is 1. The van der Waals surface area contributed by atoms with Gasteiger partial charge in [0.05, 0.1) is 11.0 Å². The van der Waals surface area contributed by atoms with Crippen LogP contribution < -0.4 is 0 Å². The molecule has 1 nitrogen and oxygen atoms in total. The van der Waals surface area contributed by atoms with Crippen molar-refractivity contribution in [2.45, 2.75) is 33.6 Å². The second-order valence-corrected chi connectivity index (χ2v) is 13.0. The van der Waals surface area contributed by atoms with E-state index < -0.39 is 0 Å². The topological polar surface area (TPSA) is 4.93 Å². The number of aryl methyl sites for hydroxylation is 1. The van der Waals surface area contributed by atoms with Gasteiger partial charge in [-0.05, 0) is 75.3 Å². The minimum absolute atomic E-state index is 0.310. The third kappa shape index (κ3) is 6.91. The molecular weight excluding hydrogens is 627 g/mol. The first kappa shape index (κ1) is 34.3. The van der Waals surface area contributed by atoms with E-state index in [0.29, 0.717) is 5.92 Å². The molecule has 9 aromatic rings. The summed E-state index contributed by atoms with van der Waals surface area (Å²) in [5.74, 6) is 0.310. The van der Waals surface area contributed by atoms with E-state index in [1.807, 2.05) is 32.0 Å². The molecule has 8 aromatic carbocycles. The van der Waals surface area contributed by atoms with Crippen LogP contribution >= 0.6 is 0 Å². The van der Waals surface area contributed by atoms with E-state index in [9.17, 15) is 0 Å². The van der Waals surface area contributed by atoms with Crippen LogP contribution in [-0.4, -0.2) is 4.57 Å². The monoisotopic (exact) mass is 671 g/mol. The molecule has 9 rings (SSSR count). The summed E-state index contributed by atoms with van der Waals surface area (Å²) in [6, 6.07) is 69.9. The number of benzene rings is 8. The van der Waals surface area contributed by atoms with Gasteiger partial charge >= 0.3 is 0 Å². The summed E-state index contributed by atoms with van der Waals surface area (Å²) in [7, 11) is 0. The van der Waals surface area contributed by atoms with Crippen molar-refractivity contribution in [3.8, 4) is 27.9 Å². The average molecular weight is 672 g/mol. The fourth-order valence-corrected chi connectivity index (χ4v) is 7.25. The van der Waals surface area contributed by atoms with Gasteiger partial charge in [0, 0.05) is 22.4 Å². The first-order chi connectivity index (χ1) is 25.7. The Labute approximate surface area is 308 Å². The van der Waals surface area contributed by atoms with Crippen LogP contribution in [0.1, 0.15) is 43.4 Å². The molecule has 0 spiro atoms. The molecule has 1 unspecified atom stereocenters. The summed E-state index contributed by atoms with van der Waals surface area (Å²) in [4.78, 5) is 0. The van der Waals surface area contributed by atoms with Gasteiger partial charge in [-0.1, -0.05) is 196 Å². The van der Waals surface area contributed by atoms with E-state index in [1.165, 1.54) is 77.2 Å². The first-order valence-electron chi connectivity index (χ1n) is 18.4. The van der Waals surface area contributed by atoms with Crippen LogP contribution in [0.3, 0.4) is 0 Å². The summed E-state index contributed by atoms with van der Waals surface area (Å²) < 4.78 is 2.38. The summed E-state index contributed by atoms with van der Waals surface area (Å²) in [5.41, 5.74) is 12.6. The van der Waals surface area contributed by atoms with Crippen LogP contribution in [0.4, 0.5) is 0 Å². The Morgan fingerprint density at radius 1 is 0.423 bits per heavy atom. The Hall–Kier alpha value is -6.18. The lowest BCUT2D eigenvalue weighted by Gasteiger charge is -2.18. The second-order valence-electron chi connectivity index (χ2n) is 13.0. The Kier molecular flexibility index (Phi) is 10.4. The summed E-state index contributed by atoms with van der Waals surface area (Å²) in [6.45, 7) is 8.38. The van der Waals surface area contributed by atoms with Gasteiger partial charge in [0.2, 0.25) is 0 Å². The zero-order valence-corrected chi connectivity index (χ0v) is 30.5. The molecule has 1 aromatic heterocycles. The summed E-state index contributed by atoms with van der Waals surface area (Å²) in [6.07, 6.45) is 0. The number of para-hydroxylation sites is 2. The molecule has 1 heteroatoms. The van der Waals surface area contributed by atoms with Crippen molar-refractivity contribution in [2.75, 3.05) is 0 Å². The maximum atomic E-state index is 2.38. The van der Waals surface area contributed by atoms with Gasteiger partial charge in [0.15, 0.2) is 0 Å². The lowest BCUT2D eigenvalue weighted by molar-refractivity contribution is 0.923. The Morgan fingerprint density at radius 3 is 1.58 bits per heavy atom. The van der Waals surface area contributed by atoms with Crippen LogP contribution in [0, 0.1) is 6.92 Å². The van der Waals surface area contributed by atoms with Gasteiger partial charge in [-0.25, -0.2) is 0 Å². The molecule has 254 valence electrons. The first-order valence-corrected chi connectivity index (χ1v) is 18.4. The minimum Gasteiger partial charge on any atom is -0.309 e. The van der Waals surface area contributed by atoms with E-state index in [2.05, 4.69) is 194 Å². The lowest BCUT2D eigenvalue weighted by atomic mass is 9.86. The molecule has 52 heavy (non-hydrogen) atoms. The number of aromatic nitrogens is 1. The van der Waals surface area contributed by atoms with Crippen molar-refractivity contribution in [3.63, 3.8) is 0 Å². The molecule has 0 aliphatic heterocycles. The Bertz CT molecular complexity index is 2490. The standard InChI is InChI=1S/C42H31N.C7H8.C2H6/c1-29(30-12-3-2-4-13-30)33-15-11-16-34(28-33)42-36-17-6-5-14-31(36)24-27-37(42)32-22-25-35(26-23-32)43-40-20-9-7-18-38(40)39-19-8-10-21-41(39)43;1-7-5-3-2-4-6-7;1-2/h2-29H,1H3;2-6H,1H3;1-2H3. The Balaban J connectivity index is 0.000000416. The predicted molar refractivity (Wildman–Crippen MR) is 226 cm³/mol. The molecule has 0 aliphatic carbocycles. The predicted octanol–water partition coefficient (Wildman–Crippen LogP) is 14.4. The van der Waals surface area contributed by atoms with Gasteiger partial charge in [-0.3, -0.25) is 0 Å². The largest absolute Gasteiger partial charge is 0.309 e. The molecule has 0 saturated heterocycles.